The number of hydrogen-bond acceptors (Lipinski definition) is 3. The van der Waals surface area contributed by atoms with E-state index in [1.54, 1.807) is 12.1 Å². The molecule has 0 amide bonds. The van der Waals surface area contributed by atoms with Crippen molar-refractivity contribution >= 4 is 9.84 Å². The molecule has 120 valence electrons. The van der Waals surface area contributed by atoms with Gasteiger partial charge in [0.05, 0.1) is 4.90 Å². The lowest BCUT2D eigenvalue weighted by molar-refractivity contribution is 0.478. The predicted octanol–water partition coefficient (Wildman–Crippen LogP) is 4.10. The van der Waals surface area contributed by atoms with Crippen LogP contribution in [0.5, 0.6) is 0 Å². The van der Waals surface area contributed by atoms with Crippen molar-refractivity contribution in [3.05, 3.63) is 29.8 Å². The Balaban J connectivity index is 2.63. The zero-order valence-corrected chi connectivity index (χ0v) is 14.4. The van der Waals surface area contributed by atoms with Gasteiger partial charge in [-0.15, -0.1) is 0 Å². The molecule has 0 saturated carbocycles. The Morgan fingerprint density at radius 3 is 2.14 bits per heavy atom. The summed E-state index contributed by atoms with van der Waals surface area (Å²) in [5.74, 6) is 0. The normalized spacial score (nSPS) is 13.3. The molecule has 1 N–H and O–H groups in total. The lowest BCUT2D eigenvalue weighted by Crippen LogP contribution is -2.20. The van der Waals surface area contributed by atoms with Gasteiger partial charge in [0.1, 0.15) is 0 Å². The first-order valence-corrected chi connectivity index (χ1v) is 9.91. The third-order valence-electron chi connectivity index (χ3n) is 3.76. The number of unbranched alkanes of at least 4 members (excludes halogenated alkanes) is 4. The molecular weight excluding hydrogens is 282 g/mol. The zero-order chi connectivity index (χ0) is 15.7. The van der Waals surface area contributed by atoms with Crippen LogP contribution in [0.1, 0.15) is 64.0 Å². The molecule has 1 unspecified atom stereocenters. The Morgan fingerprint density at radius 2 is 1.62 bits per heavy atom. The first-order valence-electron chi connectivity index (χ1n) is 8.02. The van der Waals surface area contributed by atoms with Gasteiger partial charge in [-0.05, 0) is 30.7 Å². The highest BCUT2D eigenvalue weighted by Crippen LogP contribution is 2.22. The van der Waals surface area contributed by atoms with Crippen LogP contribution in [0, 0.1) is 0 Å². The van der Waals surface area contributed by atoms with Gasteiger partial charge in [0.15, 0.2) is 9.84 Å². The van der Waals surface area contributed by atoms with E-state index in [0.29, 0.717) is 10.9 Å². The minimum Gasteiger partial charge on any atom is -0.310 e. The van der Waals surface area contributed by atoms with Gasteiger partial charge in [0.25, 0.3) is 0 Å². The highest BCUT2D eigenvalue weighted by Gasteiger charge is 2.12. The minimum absolute atomic E-state index is 0.324. The molecule has 4 heteroatoms. The van der Waals surface area contributed by atoms with Crippen LogP contribution in [0.3, 0.4) is 0 Å². The molecule has 0 heterocycles. The van der Waals surface area contributed by atoms with Crippen LogP contribution in [0.25, 0.3) is 0 Å². The standard InChI is InChI=1S/C17H29NO2S/c1-4-6-7-8-9-10-17(18-5-2)15-11-13-16(14-12-15)21(3,19)20/h11-14,17-18H,4-10H2,1-3H3. The van der Waals surface area contributed by atoms with E-state index >= 15 is 0 Å². The fraction of sp³-hybridized carbons (Fsp3) is 0.647. The second-order valence-electron chi connectivity index (χ2n) is 5.65. The molecule has 0 aliphatic carbocycles. The predicted molar refractivity (Wildman–Crippen MR) is 89.3 cm³/mol. The Kier molecular flexibility index (Phi) is 7.97. The fourth-order valence-electron chi connectivity index (χ4n) is 2.53. The molecule has 1 atom stereocenters. The second-order valence-corrected chi connectivity index (χ2v) is 7.67. The van der Waals surface area contributed by atoms with Crippen LogP contribution in [0.15, 0.2) is 29.2 Å². The molecule has 0 fully saturated rings. The molecule has 1 aromatic rings. The maximum atomic E-state index is 11.5. The first-order chi connectivity index (χ1) is 9.99. The maximum absolute atomic E-state index is 11.5. The molecule has 3 nitrogen and oxygen atoms in total. The van der Waals surface area contributed by atoms with Crippen LogP contribution in [-0.4, -0.2) is 21.2 Å². The Labute approximate surface area is 130 Å². The third-order valence-corrected chi connectivity index (χ3v) is 4.89. The quantitative estimate of drug-likeness (QED) is 0.662. The molecule has 1 rings (SSSR count). The summed E-state index contributed by atoms with van der Waals surface area (Å²) in [6.07, 6.45) is 8.73. The van der Waals surface area contributed by atoms with Gasteiger partial charge in [-0.1, -0.05) is 58.1 Å². The van der Waals surface area contributed by atoms with E-state index in [2.05, 4.69) is 19.2 Å². The van der Waals surface area contributed by atoms with Gasteiger partial charge in [-0.3, -0.25) is 0 Å². The molecule has 0 radical (unpaired) electrons. The van der Waals surface area contributed by atoms with Gasteiger partial charge in [0, 0.05) is 12.3 Å². The first kappa shape index (κ1) is 18.2. The average Bonchev–Trinajstić information content (AvgIpc) is 2.45. The van der Waals surface area contributed by atoms with E-state index in [9.17, 15) is 8.42 Å². The van der Waals surface area contributed by atoms with E-state index in [-0.39, 0.29) is 0 Å². The van der Waals surface area contributed by atoms with Crippen molar-refractivity contribution in [2.75, 3.05) is 12.8 Å². The molecule has 0 spiro atoms. The SMILES string of the molecule is CCCCCCCC(NCC)c1ccc(S(C)(=O)=O)cc1. The summed E-state index contributed by atoms with van der Waals surface area (Å²) in [5, 5.41) is 3.50. The van der Waals surface area contributed by atoms with Crippen LogP contribution in [-0.2, 0) is 9.84 Å². The van der Waals surface area contributed by atoms with Gasteiger partial charge in [-0.2, -0.15) is 0 Å². The van der Waals surface area contributed by atoms with Crippen molar-refractivity contribution < 1.29 is 8.42 Å². The molecule has 0 aliphatic rings. The van der Waals surface area contributed by atoms with Crippen molar-refractivity contribution in [3.8, 4) is 0 Å². The number of sulfone groups is 1. The van der Waals surface area contributed by atoms with Gasteiger partial charge in [-0.25, -0.2) is 8.42 Å². The number of hydrogen-bond donors (Lipinski definition) is 1. The van der Waals surface area contributed by atoms with E-state index in [1.807, 2.05) is 12.1 Å². The van der Waals surface area contributed by atoms with Gasteiger partial charge in [0.2, 0.25) is 0 Å². The number of benzene rings is 1. The van der Waals surface area contributed by atoms with E-state index < -0.39 is 9.84 Å². The summed E-state index contributed by atoms with van der Waals surface area (Å²) >= 11 is 0. The lowest BCUT2D eigenvalue weighted by atomic mass is 10.00. The average molecular weight is 311 g/mol. The molecular formula is C17H29NO2S. The summed E-state index contributed by atoms with van der Waals surface area (Å²) in [7, 11) is -3.11. The number of rotatable bonds is 10. The summed E-state index contributed by atoms with van der Waals surface area (Å²) in [4.78, 5) is 0.393. The molecule has 0 aliphatic heterocycles. The smallest absolute Gasteiger partial charge is 0.175 e. The van der Waals surface area contributed by atoms with Crippen molar-refractivity contribution in [2.45, 2.75) is 63.3 Å². The molecule has 0 saturated heterocycles. The maximum Gasteiger partial charge on any atom is 0.175 e. The van der Waals surface area contributed by atoms with Gasteiger partial charge < -0.3 is 5.32 Å². The molecule has 0 aromatic heterocycles. The van der Waals surface area contributed by atoms with Crippen LogP contribution in [0.2, 0.25) is 0 Å². The van der Waals surface area contributed by atoms with Crippen molar-refractivity contribution in [2.24, 2.45) is 0 Å². The van der Waals surface area contributed by atoms with Gasteiger partial charge >= 0.3 is 0 Å². The minimum atomic E-state index is -3.11. The molecule has 1 aromatic carbocycles. The summed E-state index contributed by atoms with van der Waals surface area (Å²) in [6, 6.07) is 7.63. The monoisotopic (exact) mass is 311 g/mol. The van der Waals surface area contributed by atoms with E-state index in [4.69, 9.17) is 0 Å². The van der Waals surface area contributed by atoms with E-state index in [1.165, 1.54) is 43.9 Å². The fourth-order valence-corrected chi connectivity index (χ4v) is 3.16. The third kappa shape index (κ3) is 6.62. The largest absolute Gasteiger partial charge is 0.310 e. The van der Waals surface area contributed by atoms with Crippen molar-refractivity contribution in [3.63, 3.8) is 0 Å². The zero-order valence-electron chi connectivity index (χ0n) is 13.6. The van der Waals surface area contributed by atoms with Crippen LogP contribution in [0.4, 0.5) is 0 Å². The summed E-state index contributed by atoms with van der Waals surface area (Å²) in [6.45, 7) is 5.26. The molecule has 21 heavy (non-hydrogen) atoms. The van der Waals surface area contributed by atoms with Crippen molar-refractivity contribution in [1.29, 1.82) is 0 Å². The van der Waals surface area contributed by atoms with Crippen LogP contribution >= 0.6 is 0 Å². The number of nitrogens with one attached hydrogen (secondary N) is 1. The van der Waals surface area contributed by atoms with E-state index in [0.717, 1.165) is 13.0 Å². The lowest BCUT2D eigenvalue weighted by Gasteiger charge is -2.18. The topological polar surface area (TPSA) is 46.2 Å². The van der Waals surface area contributed by atoms with Crippen molar-refractivity contribution in [1.82, 2.24) is 5.32 Å². The summed E-state index contributed by atoms with van der Waals surface area (Å²) < 4.78 is 23.0. The van der Waals surface area contributed by atoms with Crippen LogP contribution < -0.4 is 5.32 Å². The highest BCUT2D eigenvalue weighted by atomic mass is 32.2. The molecule has 0 bridgehead atoms. The Hall–Kier alpha value is -0.870. The second kappa shape index (κ2) is 9.21. The highest BCUT2D eigenvalue weighted by molar-refractivity contribution is 7.90. The Morgan fingerprint density at radius 1 is 1.00 bits per heavy atom. The Bertz CT molecular complexity index is 494. The summed E-state index contributed by atoms with van der Waals surface area (Å²) in [5.41, 5.74) is 1.18.